The van der Waals surface area contributed by atoms with Gasteiger partial charge in [-0.1, -0.05) is 133 Å². The van der Waals surface area contributed by atoms with Crippen LogP contribution in [0.15, 0.2) is 239 Å². The summed E-state index contributed by atoms with van der Waals surface area (Å²) in [5, 5.41) is 4.46. The monoisotopic (exact) mass is 818 g/mol. The maximum Gasteiger partial charge on any atom is 0.137 e. The number of hydrogen-bond donors (Lipinski definition) is 0. The molecule has 0 radical (unpaired) electrons. The number of rotatable bonds is 2. The van der Waals surface area contributed by atoms with Crippen molar-refractivity contribution in [1.82, 2.24) is 0 Å². The SMILES string of the molecule is c1ccc2c(c1)-c1ccc(cc1)N(c1ccc3c(c1)oc1ccccc13)c1ccc(cc1)-c1ccccc1-c1ccc(cc1)N(c1ccc3c(c1)oc1ccccc13)c1ccc-2cc1. The molecule has 12 aromatic rings. The van der Waals surface area contributed by atoms with Crippen LogP contribution in [0.3, 0.4) is 0 Å². The van der Waals surface area contributed by atoms with E-state index in [2.05, 4.69) is 216 Å². The molecule has 0 unspecified atom stereocenters. The smallest absolute Gasteiger partial charge is 0.137 e. The van der Waals surface area contributed by atoms with Crippen molar-refractivity contribution in [3.05, 3.63) is 231 Å². The van der Waals surface area contributed by atoms with E-state index in [1.807, 2.05) is 24.3 Å². The summed E-state index contributed by atoms with van der Waals surface area (Å²) in [6, 6.07) is 82.7. The molecular weight excluding hydrogens is 781 g/mol. The molecule has 7 aliphatic rings. The summed E-state index contributed by atoms with van der Waals surface area (Å²) in [6.45, 7) is 0. The van der Waals surface area contributed by atoms with E-state index in [1.54, 1.807) is 0 Å². The number of hydrogen-bond acceptors (Lipinski definition) is 4. The zero-order valence-corrected chi connectivity index (χ0v) is 34.7. The molecule has 0 atom stereocenters. The first kappa shape index (κ1) is 36.1. The Bertz CT molecular complexity index is 3330. The van der Waals surface area contributed by atoms with Crippen molar-refractivity contribution in [2.24, 2.45) is 0 Å². The van der Waals surface area contributed by atoms with E-state index >= 15 is 0 Å². The van der Waals surface area contributed by atoms with Crippen molar-refractivity contribution in [3.8, 4) is 44.5 Å². The first-order chi connectivity index (χ1) is 31.7. The van der Waals surface area contributed by atoms with Crippen LogP contribution in [-0.4, -0.2) is 0 Å². The molecule has 0 spiro atoms. The summed E-state index contributed by atoms with van der Waals surface area (Å²) in [7, 11) is 0. The Morgan fingerprint density at radius 2 is 0.484 bits per heavy atom. The Balaban J connectivity index is 0.985. The van der Waals surface area contributed by atoms with Crippen molar-refractivity contribution in [2.75, 3.05) is 9.80 Å². The summed E-state index contributed by atoms with van der Waals surface area (Å²) in [6.07, 6.45) is 0. The molecule has 0 amide bonds. The second kappa shape index (κ2) is 14.5. The number of para-hydroxylation sites is 2. The van der Waals surface area contributed by atoms with Gasteiger partial charge in [0.2, 0.25) is 0 Å². The molecule has 0 saturated heterocycles. The van der Waals surface area contributed by atoms with Crippen LogP contribution in [0.25, 0.3) is 88.4 Å². The molecule has 0 saturated carbocycles. The van der Waals surface area contributed by atoms with Crippen LogP contribution in [0.5, 0.6) is 0 Å². The van der Waals surface area contributed by atoms with Crippen LogP contribution >= 0.6 is 0 Å². The molecule has 9 heterocycles. The van der Waals surface area contributed by atoms with Crippen LogP contribution in [0.4, 0.5) is 34.1 Å². The van der Waals surface area contributed by atoms with Crippen LogP contribution in [-0.2, 0) is 0 Å². The summed E-state index contributed by atoms with van der Waals surface area (Å²) in [5.74, 6) is 0. The van der Waals surface area contributed by atoms with Gasteiger partial charge >= 0.3 is 0 Å². The number of benzene rings is 10. The molecule has 19 rings (SSSR count). The van der Waals surface area contributed by atoms with E-state index in [0.717, 1.165) is 100 Å². The molecule has 0 fully saturated rings. The molecule has 64 heavy (non-hydrogen) atoms. The molecule has 7 aliphatic heterocycles. The van der Waals surface area contributed by atoms with Crippen molar-refractivity contribution in [1.29, 1.82) is 0 Å². The lowest BCUT2D eigenvalue weighted by molar-refractivity contribution is 0.668. The average molecular weight is 819 g/mol. The van der Waals surface area contributed by atoms with E-state index in [9.17, 15) is 0 Å². The van der Waals surface area contributed by atoms with Crippen molar-refractivity contribution in [3.63, 3.8) is 0 Å². The molecular formula is C60H38N2O2. The number of furan rings is 2. The van der Waals surface area contributed by atoms with Gasteiger partial charge in [0.15, 0.2) is 0 Å². The Morgan fingerprint density at radius 1 is 0.219 bits per heavy atom. The predicted octanol–water partition coefficient (Wildman–Crippen LogP) is 17.4. The van der Waals surface area contributed by atoms with Gasteiger partial charge in [-0.15, -0.1) is 0 Å². The van der Waals surface area contributed by atoms with Crippen molar-refractivity contribution in [2.45, 2.75) is 0 Å². The largest absolute Gasteiger partial charge is 0.456 e. The van der Waals surface area contributed by atoms with Gasteiger partial charge in [-0.25, -0.2) is 0 Å². The maximum atomic E-state index is 6.41. The van der Waals surface area contributed by atoms with Crippen molar-refractivity contribution >= 4 is 78.0 Å². The summed E-state index contributed by atoms with van der Waals surface area (Å²) < 4.78 is 12.8. The average Bonchev–Trinajstić information content (AvgIpc) is 3.93. The van der Waals surface area contributed by atoms with Gasteiger partial charge in [0, 0.05) is 67.8 Å². The number of anilines is 6. The Labute approximate surface area is 370 Å². The third-order valence-corrected chi connectivity index (χ3v) is 12.8. The van der Waals surface area contributed by atoms with E-state index in [0.29, 0.717) is 0 Å². The van der Waals surface area contributed by atoms with Gasteiger partial charge in [0.25, 0.3) is 0 Å². The highest BCUT2D eigenvalue weighted by atomic mass is 16.3. The molecule has 4 nitrogen and oxygen atoms in total. The lowest BCUT2D eigenvalue weighted by Gasteiger charge is -2.27. The van der Waals surface area contributed by atoms with Gasteiger partial charge in [0.05, 0.1) is 0 Å². The highest BCUT2D eigenvalue weighted by molar-refractivity contribution is 6.07. The highest BCUT2D eigenvalue weighted by Crippen LogP contribution is 2.44. The fourth-order valence-electron chi connectivity index (χ4n) is 9.74. The maximum absolute atomic E-state index is 6.41. The first-order valence-electron chi connectivity index (χ1n) is 21.7. The highest BCUT2D eigenvalue weighted by Gasteiger charge is 2.20. The first-order valence-corrected chi connectivity index (χ1v) is 21.7. The second-order valence-electron chi connectivity index (χ2n) is 16.5. The fourth-order valence-corrected chi connectivity index (χ4v) is 9.74. The van der Waals surface area contributed by atoms with Crippen LogP contribution in [0.1, 0.15) is 0 Å². The van der Waals surface area contributed by atoms with Crippen molar-refractivity contribution < 1.29 is 8.83 Å². The summed E-state index contributed by atoms with van der Waals surface area (Å²) >= 11 is 0. The standard InChI is InChI=1S/C60H38N2O2/c1-2-10-50-40-19-27-44(28-20-40)62(48-34-36-56-54-14-6-8-16-58(54)64-60(56)38-48)46-31-23-42(24-32-46)52-12-4-3-11-51(52)41-21-29-45(30-22-41)61(43-25-17-39(18-26-43)49(50)9-1)47-33-35-55-53-13-5-7-15-57(53)63-59(55)37-47/h1-38H. The third-order valence-electron chi connectivity index (χ3n) is 12.8. The predicted molar refractivity (Wildman–Crippen MR) is 266 cm³/mol. The van der Waals surface area contributed by atoms with Crippen LogP contribution in [0.2, 0.25) is 0 Å². The molecule has 2 aromatic heterocycles. The minimum absolute atomic E-state index is 0.861. The molecule has 10 aromatic carbocycles. The quantitative estimate of drug-likeness (QED) is 0.174. The number of fused-ring (bicyclic) bond motifs is 6. The Kier molecular flexibility index (Phi) is 8.18. The molecule has 0 aliphatic carbocycles. The van der Waals surface area contributed by atoms with Gasteiger partial charge in [-0.2, -0.15) is 0 Å². The summed E-state index contributed by atoms with van der Waals surface area (Å²) in [4.78, 5) is 4.64. The van der Waals surface area contributed by atoms with E-state index in [1.165, 1.54) is 22.3 Å². The van der Waals surface area contributed by atoms with E-state index in [4.69, 9.17) is 8.83 Å². The topological polar surface area (TPSA) is 32.8 Å². The lowest BCUT2D eigenvalue weighted by atomic mass is 9.93. The molecule has 300 valence electrons. The number of nitrogens with zero attached hydrogens (tertiary/aromatic N) is 2. The fraction of sp³-hybridized carbons (Fsp3) is 0. The molecule has 0 N–H and O–H groups in total. The van der Waals surface area contributed by atoms with Gasteiger partial charge in [0.1, 0.15) is 22.3 Å². The van der Waals surface area contributed by atoms with E-state index in [-0.39, 0.29) is 0 Å². The zero-order chi connectivity index (χ0) is 42.1. The zero-order valence-electron chi connectivity index (χ0n) is 34.7. The Hall–Kier alpha value is -8.60. The van der Waals surface area contributed by atoms with Crippen LogP contribution < -0.4 is 9.80 Å². The minimum Gasteiger partial charge on any atom is -0.456 e. The molecule has 4 heteroatoms. The molecule has 8 bridgehead atoms. The normalized spacial score (nSPS) is 12.3. The van der Waals surface area contributed by atoms with Gasteiger partial charge in [-0.05, 0) is 129 Å². The van der Waals surface area contributed by atoms with Crippen LogP contribution in [0, 0.1) is 0 Å². The Morgan fingerprint density at radius 3 is 0.812 bits per heavy atom. The second-order valence-corrected chi connectivity index (χ2v) is 16.5. The van der Waals surface area contributed by atoms with Gasteiger partial charge in [-0.3, -0.25) is 0 Å². The van der Waals surface area contributed by atoms with Gasteiger partial charge < -0.3 is 18.6 Å². The third kappa shape index (κ3) is 5.92. The minimum atomic E-state index is 0.861. The van der Waals surface area contributed by atoms with E-state index < -0.39 is 0 Å². The lowest BCUT2D eigenvalue weighted by Crippen LogP contribution is -2.10. The summed E-state index contributed by atoms with van der Waals surface area (Å²) in [5.41, 5.74) is 19.0.